The van der Waals surface area contributed by atoms with E-state index in [-0.39, 0.29) is 50.9 Å². The molecule has 4 heterocycles. The average molecular weight is 960 g/mol. The lowest BCUT2D eigenvalue weighted by atomic mass is 9.84. The van der Waals surface area contributed by atoms with Gasteiger partial charge in [0.1, 0.15) is 32.8 Å². The number of pyridine rings is 2. The first-order valence-corrected chi connectivity index (χ1v) is 22.0. The summed E-state index contributed by atoms with van der Waals surface area (Å²) in [5.41, 5.74) is 12.4. The summed E-state index contributed by atoms with van der Waals surface area (Å²) in [6.45, 7) is 3.56. The number of fused-ring (bicyclic) bond motifs is 2. The van der Waals surface area contributed by atoms with E-state index in [0.29, 0.717) is 35.1 Å². The monoisotopic (exact) mass is 958 g/mol. The van der Waals surface area contributed by atoms with Crippen LogP contribution >= 0.6 is 39.5 Å². The van der Waals surface area contributed by atoms with Gasteiger partial charge < -0.3 is 21.3 Å². The van der Waals surface area contributed by atoms with Crippen LogP contribution in [0.4, 0.5) is 17.6 Å². The lowest BCUT2D eigenvalue weighted by Gasteiger charge is -2.34. The van der Waals surface area contributed by atoms with E-state index < -0.39 is 43.9 Å². The van der Waals surface area contributed by atoms with Crippen molar-refractivity contribution in [1.29, 1.82) is 0 Å². The number of halogens is 5. The first-order chi connectivity index (χ1) is 29.7. The Labute approximate surface area is 379 Å². The number of nitrogens with zero attached hydrogens (tertiary/aromatic N) is 6. The van der Waals surface area contributed by atoms with E-state index >= 15 is 0 Å². The van der Waals surface area contributed by atoms with Crippen molar-refractivity contribution < 1.29 is 27.2 Å². The minimum atomic E-state index is -1.04. The maximum Gasteiger partial charge on any atom is 0.239 e. The first-order valence-electron chi connectivity index (χ1n) is 19.6. The third-order valence-corrected chi connectivity index (χ3v) is 14.8. The Bertz CT molecular complexity index is 2690. The third kappa shape index (κ3) is 8.52. The van der Waals surface area contributed by atoms with Gasteiger partial charge in [0.05, 0.1) is 22.5 Å². The molecule has 10 nitrogen and oxygen atoms in total. The fourth-order valence-electron chi connectivity index (χ4n) is 8.48. The minimum absolute atomic E-state index is 0.0598. The Morgan fingerprint density at radius 1 is 0.746 bits per heavy atom. The van der Waals surface area contributed by atoms with Crippen molar-refractivity contribution in [2.24, 2.45) is 33.3 Å². The van der Waals surface area contributed by atoms with Crippen molar-refractivity contribution in [2.45, 2.75) is 47.3 Å². The molecule has 2 amide bonds. The molecule has 0 unspecified atom stereocenters. The maximum atomic E-state index is 15.0. The second-order valence-corrected chi connectivity index (χ2v) is 20.1. The van der Waals surface area contributed by atoms with Crippen LogP contribution in [0.3, 0.4) is 0 Å². The molecule has 2 aromatic heterocycles. The Balaban J connectivity index is 0.000000189. The highest BCUT2D eigenvalue weighted by atomic mass is 79.9. The van der Waals surface area contributed by atoms with E-state index in [0.717, 1.165) is 4.47 Å². The molecule has 8 rings (SSSR count). The number of carbonyl (C=O) groups excluding carboxylic acids is 2. The molecule has 2 aromatic carbocycles. The van der Waals surface area contributed by atoms with Gasteiger partial charge in [-0.1, -0.05) is 41.6 Å². The average Bonchev–Trinajstić information content (AvgIpc) is 4.17. The maximum absolute atomic E-state index is 15.0. The molecule has 17 heteroatoms. The van der Waals surface area contributed by atoms with E-state index in [4.69, 9.17) is 17.9 Å². The standard InChI is InChI=1S/C24H22F2N4OS.C22H21BrF2N4OS/c1-5-14-7-9-19(28-13-14)18(26)11-15-6-8-17(25)16(10-15)23(2)20-12-24(20,21(31)30(3)4)32-22(27)29-23;1-21(18-10-22(18,19(30)29(2)3)31-20(26)28-21)14-8-12(4-6-15(14)24)9-16(25)17-7-5-13(23)11-27-17/h1,6-11,13,20H,12H2,2-4H3,(H2,27,29);4-9,11,18H,10H2,1-3H3,(H2,26,28)/b18-11-;16-9-/t20-,23+,24-;18-,21+,22-/m00/s1. The van der Waals surface area contributed by atoms with E-state index in [1.807, 2.05) is 0 Å². The quantitative estimate of drug-likeness (QED) is 0.133. The van der Waals surface area contributed by atoms with Gasteiger partial charge in [-0.25, -0.2) is 17.6 Å². The lowest BCUT2D eigenvalue weighted by molar-refractivity contribution is -0.130. The number of terminal acetylenes is 1. The number of aromatic nitrogens is 2. The van der Waals surface area contributed by atoms with Gasteiger partial charge in [0.2, 0.25) is 11.8 Å². The second-order valence-electron chi connectivity index (χ2n) is 16.5. The molecule has 0 saturated heterocycles. The zero-order valence-corrected chi connectivity index (χ0v) is 38.3. The molecular formula is C46H43BrF4N8O2S2. The van der Waals surface area contributed by atoms with Gasteiger partial charge in [-0.2, -0.15) is 0 Å². The van der Waals surface area contributed by atoms with E-state index in [2.05, 4.69) is 41.8 Å². The van der Waals surface area contributed by atoms with Crippen LogP contribution in [0.5, 0.6) is 0 Å². The summed E-state index contributed by atoms with van der Waals surface area (Å²) in [7, 11) is 6.75. The second kappa shape index (κ2) is 16.9. The van der Waals surface area contributed by atoms with Crippen molar-refractivity contribution in [2.75, 3.05) is 28.2 Å². The lowest BCUT2D eigenvalue weighted by Crippen LogP contribution is -2.43. The molecule has 4 N–H and O–H groups in total. The normalized spacial score (nSPS) is 27.0. The van der Waals surface area contributed by atoms with Crippen LogP contribution < -0.4 is 11.5 Å². The van der Waals surface area contributed by atoms with Crippen molar-refractivity contribution in [1.82, 2.24) is 19.8 Å². The van der Waals surface area contributed by atoms with E-state index in [1.165, 1.54) is 88.2 Å². The molecule has 63 heavy (non-hydrogen) atoms. The van der Waals surface area contributed by atoms with Gasteiger partial charge in [-0.05, 0) is 114 Å². The summed E-state index contributed by atoms with van der Waals surface area (Å²) in [5, 5.41) is 0.484. The number of rotatable bonds is 8. The molecule has 2 saturated carbocycles. The summed E-state index contributed by atoms with van der Waals surface area (Å²) in [6.07, 6.45) is 11.9. The smallest absolute Gasteiger partial charge is 0.239 e. The van der Waals surface area contributed by atoms with Crippen LogP contribution in [0.25, 0.3) is 23.8 Å². The summed E-state index contributed by atoms with van der Waals surface area (Å²) in [5.74, 6) is -0.207. The van der Waals surface area contributed by atoms with Gasteiger partial charge in [-0.3, -0.25) is 29.5 Å². The number of benzene rings is 2. The Kier molecular flexibility index (Phi) is 12.2. The molecular weight excluding hydrogens is 917 g/mol. The molecule has 2 aliphatic carbocycles. The minimum Gasteiger partial charge on any atom is -0.378 e. The summed E-state index contributed by atoms with van der Waals surface area (Å²) in [4.78, 5) is 45.9. The Morgan fingerprint density at radius 2 is 1.17 bits per heavy atom. The molecule has 0 spiro atoms. The number of nitrogens with two attached hydrogens (primary N) is 2. The highest BCUT2D eigenvalue weighted by Crippen LogP contribution is 2.67. The number of hydrogen-bond donors (Lipinski definition) is 2. The molecule has 0 bridgehead atoms. The zero-order chi connectivity index (χ0) is 45.8. The van der Waals surface area contributed by atoms with Crippen LogP contribution in [-0.2, 0) is 20.7 Å². The van der Waals surface area contributed by atoms with Crippen molar-refractivity contribution in [3.8, 4) is 12.3 Å². The predicted molar refractivity (Wildman–Crippen MR) is 247 cm³/mol. The molecule has 6 atom stereocenters. The van der Waals surface area contributed by atoms with E-state index in [9.17, 15) is 27.2 Å². The first kappa shape index (κ1) is 45.6. The van der Waals surface area contributed by atoms with Gasteiger partial charge >= 0.3 is 0 Å². The molecule has 4 aliphatic rings. The van der Waals surface area contributed by atoms with Crippen LogP contribution in [-0.4, -0.2) is 79.6 Å². The molecule has 2 fully saturated rings. The highest BCUT2D eigenvalue weighted by Gasteiger charge is 2.72. The number of thioether (sulfide) groups is 2. The van der Waals surface area contributed by atoms with Crippen molar-refractivity contribution in [3.05, 3.63) is 128 Å². The molecule has 2 aliphatic heterocycles. The highest BCUT2D eigenvalue weighted by molar-refractivity contribution is 9.10. The topological polar surface area (TPSA) is 143 Å². The van der Waals surface area contributed by atoms with Crippen LogP contribution in [0.15, 0.2) is 87.5 Å². The fourth-order valence-corrected chi connectivity index (χ4v) is 11.7. The molecule has 4 aromatic rings. The number of aliphatic imine (C=N–C) groups is 2. The van der Waals surface area contributed by atoms with Crippen LogP contribution in [0, 0.1) is 35.8 Å². The number of hydrogen-bond acceptors (Lipinski definition) is 10. The van der Waals surface area contributed by atoms with Gasteiger partial charge in [-0.15, -0.1) is 6.42 Å². The third-order valence-electron chi connectivity index (χ3n) is 11.8. The zero-order valence-electron chi connectivity index (χ0n) is 35.1. The van der Waals surface area contributed by atoms with Crippen LogP contribution in [0.1, 0.15) is 65.9 Å². The number of amides is 2. The SMILES string of the molecule is C#Cc1ccc(/C(F)=C/c2ccc(F)c([C@@]3(C)N=C(N)S[C@@]4(C(=O)N(C)C)C[C@H]43)c2)nc1.CN(C)C(=O)[C@]12C[C@H]1[C@@](C)(c1cc(/C=C(\F)c3ccc(Br)cn3)ccc1F)N=C(N)S2. The van der Waals surface area contributed by atoms with Gasteiger partial charge in [0.15, 0.2) is 10.3 Å². The number of amidine groups is 2. The molecule has 326 valence electrons. The summed E-state index contributed by atoms with van der Waals surface area (Å²) in [6, 6.07) is 15.0. The van der Waals surface area contributed by atoms with Crippen LogP contribution in [0.2, 0.25) is 0 Å². The largest absolute Gasteiger partial charge is 0.378 e. The summed E-state index contributed by atoms with van der Waals surface area (Å²) >= 11 is 5.75. The Morgan fingerprint density at radius 3 is 1.54 bits per heavy atom. The van der Waals surface area contributed by atoms with E-state index in [1.54, 1.807) is 72.4 Å². The Hall–Kier alpha value is -5.44. The van der Waals surface area contributed by atoms with Crippen molar-refractivity contribution in [3.63, 3.8) is 0 Å². The molecule has 0 radical (unpaired) electrons. The van der Waals surface area contributed by atoms with Gasteiger partial charge in [0.25, 0.3) is 0 Å². The predicted octanol–water partition coefficient (Wildman–Crippen LogP) is 8.37. The summed E-state index contributed by atoms with van der Waals surface area (Å²) < 4.78 is 58.7. The fraction of sp³-hybridized carbons (Fsp3) is 0.304. The van der Waals surface area contributed by atoms with Crippen molar-refractivity contribution >= 4 is 85.4 Å². The van der Waals surface area contributed by atoms with Gasteiger partial charge in [0, 0.05) is 73.6 Å². The number of carbonyl (C=O) groups is 2.